The summed E-state index contributed by atoms with van der Waals surface area (Å²) in [6.07, 6.45) is 5.73. The summed E-state index contributed by atoms with van der Waals surface area (Å²) in [6, 6.07) is 10.5. The Kier molecular flexibility index (Phi) is 7.40. The van der Waals surface area contributed by atoms with Gasteiger partial charge in [0, 0.05) is 43.9 Å². The Bertz CT molecular complexity index is 1050. The predicted molar refractivity (Wildman–Crippen MR) is 134 cm³/mol. The smallest absolute Gasteiger partial charge is 0.222 e. The Morgan fingerprint density at radius 3 is 2.47 bits per heavy atom. The van der Waals surface area contributed by atoms with Crippen LogP contribution in [0.2, 0.25) is 0 Å². The van der Waals surface area contributed by atoms with Gasteiger partial charge in [0.15, 0.2) is 0 Å². The second kappa shape index (κ2) is 10.4. The average Bonchev–Trinajstić information content (AvgIpc) is 3.11. The molecule has 1 fully saturated rings. The number of anilines is 1. The van der Waals surface area contributed by atoms with Gasteiger partial charge in [0.25, 0.3) is 0 Å². The van der Waals surface area contributed by atoms with Crippen LogP contribution in [0.3, 0.4) is 0 Å². The summed E-state index contributed by atoms with van der Waals surface area (Å²) in [6.45, 7) is 9.74. The maximum atomic E-state index is 12.5. The maximum absolute atomic E-state index is 12.5. The molecule has 5 nitrogen and oxygen atoms in total. The minimum absolute atomic E-state index is 0.303. The molecule has 1 aliphatic heterocycles. The monoisotopic (exact) mass is 450 g/mol. The van der Waals surface area contributed by atoms with E-state index in [1.54, 1.807) is 11.3 Å². The molecule has 0 atom stereocenters. The molecule has 0 unspecified atom stereocenters. The van der Waals surface area contributed by atoms with Crippen LogP contribution in [-0.4, -0.2) is 47.0 Å². The molecule has 0 N–H and O–H groups in total. The Hall–Kier alpha value is -2.47. The number of fused-ring (bicyclic) bond motifs is 1. The highest BCUT2D eigenvalue weighted by Gasteiger charge is 2.25. The Morgan fingerprint density at radius 1 is 1.00 bits per heavy atom. The number of hydrogen-bond acceptors (Lipinski definition) is 5. The molecule has 1 aliphatic rings. The molecule has 1 aromatic carbocycles. The van der Waals surface area contributed by atoms with E-state index in [4.69, 9.17) is 9.97 Å². The van der Waals surface area contributed by atoms with Gasteiger partial charge in [-0.15, -0.1) is 11.3 Å². The minimum Gasteiger partial charge on any atom is -0.352 e. The maximum Gasteiger partial charge on any atom is 0.222 e. The molecule has 170 valence electrons. The van der Waals surface area contributed by atoms with Gasteiger partial charge < -0.3 is 9.80 Å². The molecule has 4 rings (SSSR count). The van der Waals surface area contributed by atoms with Crippen LogP contribution in [0.1, 0.15) is 54.4 Å². The molecule has 32 heavy (non-hydrogen) atoms. The van der Waals surface area contributed by atoms with E-state index in [-0.39, 0.29) is 0 Å². The normalized spacial score (nSPS) is 14.3. The summed E-state index contributed by atoms with van der Waals surface area (Å²) >= 11 is 1.77. The summed E-state index contributed by atoms with van der Waals surface area (Å²) in [5.41, 5.74) is 2.60. The number of aryl methyl sites for hydroxylation is 4. The van der Waals surface area contributed by atoms with E-state index >= 15 is 0 Å². The molecule has 0 aliphatic carbocycles. The lowest BCUT2D eigenvalue weighted by molar-refractivity contribution is -0.131. The number of piperazine rings is 1. The van der Waals surface area contributed by atoms with Gasteiger partial charge in [-0.25, -0.2) is 9.97 Å². The van der Waals surface area contributed by atoms with Crippen molar-refractivity contribution < 1.29 is 4.79 Å². The highest BCUT2D eigenvalue weighted by atomic mass is 32.1. The van der Waals surface area contributed by atoms with Crippen LogP contribution in [0.15, 0.2) is 30.3 Å². The zero-order valence-electron chi connectivity index (χ0n) is 19.6. The van der Waals surface area contributed by atoms with Crippen molar-refractivity contribution in [3.63, 3.8) is 0 Å². The minimum atomic E-state index is 0.303. The summed E-state index contributed by atoms with van der Waals surface area (Å²) in [5.74, 6) is 2.27. The van der Waals surface area contributed by atoms with Crippen LogP contribution in [0.5, 0.6) is 0 Å². The molecule has 1 amide bonds. The van der Waals surface area contributed by atoms with Crippen LogP contribution < -0.4 is 4.90 Å². The molecular weight excluding hydrogens is 416 g/mol. The molecule has 3 aromatic rings. The molecule has 0 spiro atoms. The molecule has 3 heterocycles. The van der Waals surface area contributed by atoms with Crippen molar-refractivity contribution in [2.45, 2.75) is 59.3 Å². The number of amides is 1. The number of carbonyl (C=O) groups excluding carboxylic acids is 1. The van der Waals surface area contributed by atoms with Crippen LogP contribution in [0.4, 0.5) is 5.82 Å². The standard InChI is InChI=1S/C26H34N4OS/c1-4-5-7-12-23(31)29-15-17-30(18-16-29)25-24-19(2)20(3)32-26(24)28-22(27-25)14-13-21-10-8-6-9-11-21/h6,8-11H,4-5,7,12-18H2,1-3H3. The van der Waals surface area contributed by atoms with Crippen molar-refractivity contribution in [2.24, 2.45) is 0 Å². The third-order valence-corrected chi connectivity index (χ3v) is 7.56. The van der Waals surface area contributed by atoms with E-state index in [0.29, 0.717) is 12.3 Å². The van der Waals surface area contributed by atoms with Crippen molar-refractivity contribution in [1.29, 1.82) is 0 Å². The summed E-state index contributed by atoms with van der Waals surface area (Å²) in [7, 11) is 0. The lowest BCUT2D eigenvalue weighted by Gasteiger charge is -2.36. The largest absolute Gasteiger partial charge is 0.352 e. The number of rotatable bonds is 8. The van der Waals surface area contributed by atoms with Crippen LogP contribution in [0.25, 0.3) is 10.2 Å². The highest BCUT2D eigenvalue weighted by Crippen LogP contribution is 2.35. The van der Waals surface area contributed by atoms with Crippen molar-refractivity contribution in [3.05, 3.63) is 52.2 Å². The lowest BCUT2D eigenvalue weighted by atomic mass is 10.1. The van der Waals surface area contributed by atoms with Gasteiger partial charge in [-0.1, -0.05) is 50.1 Å². The number of nitrogens with zero attached hydrogens (tertiary/aromatic N) is 4. The first-order valence-electron chi connectivity index (χ1n) is 11.9. The summed E-state index contributed by atoms with van der Waals surface area (Å²) < 4.78 is 0. The molecule has 0 saturated carbocycles. The van der Waals surface area contributed by atoms with Gasteiger partial charge in [-0.3, -0.25) is 4.79 Å². The van der Waals surface area contributed by atoms with Crippen molar-refractivity contribution in [2.75, 3.05) is 31.1 Å². The molecule has 1 saturated heterocycles. The molecule has 0 radical (unpaired) electrons. The third kappa shape index (κ3) is 5.12. The summed E-state index contributed by atoms with van der Waals surface area (Å²) in [4.78, 5) is 29.3. The fraction of sp³-hybridized carbons (Fsp3) is 0.500. The van der Waals surface area contributed by atoms with E-state index in [9.17, 15) is 4.79 Å². The van der Waals surface area contributed by atoms with Gasteiger partial charge >= 0.3 is 0 Å². The fourth-order valence-corrected chi connectivity index (χ4v) is 5.41. The van der Waals surface area contributed by atoms with E-state index in [0.717, 1.165) is 74.8 Å². The fourth-order valence-electron chi connectivity index (χ4n) is 4.36. The van der Waals surface area contributed by atoms with E-state index in [2.05, 4.69) is 56.0 Å². The average molecular weight is 451 g/mol. The number of aromatic nitrogens is 2. The predicted octanol–water partition coefficient (Wildman–Crippen LogP) is 5.32. The Balaban J connectivity index is 1.51. The SMILES string of the molecule is CCCCCC(=O)N1CCN(c2nc(CCc3ccccc3)nc3sc(C)c(C)c23)CC1. The van der Waals surface area contributed by atoms with Crippen molar-refractivity contribution in [3.8, 4) is 0 Å². The zero-order valence-corrected chi connectivity index (χ0v) is 20.4. The molecule has 6 heteroatoms. The first-order valence-corrected chi connectivity index (χ1v) is 12.7. The highest BCUT2D eigenvalue weighted by molar-refractivity contribution is 7.18. The lowest BCUT2D eigenvalue weighted by Crippen LogP contribution is -2.49. The first-order chi connectivity index (χ1) is 15.6. The van der Waals surface area contributed by atoms with Gasteiger partial charge in [0.1, 0.15) is 16.5 Å². The number of hydrogen-bond donors (Lipinski definition) is 0. The van der Waals surface area contributed by atoms with Crippen LogP contribution >= 0.6 is 11.3 Å². The quantitative estimate of drug-likeness (QED) is 0.436. The van der Waals surface area contributed by atoms with Crippen LogP contribution in [0, 0.1) is 13.8 Å². The van der Waals surface area contributed by atoms with E-state index in [1.165, 1.54) is 21.4 Å². The molecule has 0 bridgehead atoms. The summed E-state index contributed by atoms with van der Waals surface area (Å²) in [5, 5.41) is 1.19. The van der Waals surface area contributed by atoms with Crippen LogP contribution in [-0.2, 0) is 17.6 Å². The van der Waals surface area contributed by atoms with Crippen molar-refractivity contribution in [1.82, 2.24) is 14.9 Å². The second-order valence-electron chi connectivity index (χ2n) is 8.74. The van der Waals surface area contributed by atoms with E-state index < -0.39 is 0 Å². The first kappa shape index (κ1) is 22.7. The Morgan fingerprint density at radius 2 is 1.75 bits per heavy atom. The second-order valence-corrected chi connectivity index (χ2v) is 9.94. The van der Waals surface area contributed by atoms with E-state index in [1.807, 2.05) is 4.90 Å². The third-order valence-electron chi connectivity index (χ3n) is 6.46. The van der Waals surface area contributed by atoms with Gasteiger partial charge in [-0.05, 0) is 37.8 Å². The molecule has 2 aromatic heterocycles. The van der Waals surface area contributed by atoms with Gasteiger partial charge in [0.05, 0.1) is 5.39 Å². The van der Waals surface area contributed by atoms with Gasteiger partial charge in [0.2, 0.25) is 5.91 Å². The number of thiophene rings is 1. The topological polar surface area (TPSA) is 49.3 Å². The Labute approximate surface area is 195 Å². The number of carbonyl (C=O) groups is 1. The number of unbranched alkanes of at least 4 members (excludes halogenated alkanes) is 2. The number of benzene rings is 1. The molecular formula is C26H34N4OS. The zero-order chi connectivity index (χ0) is 22.5. The van der Waals surface area contributed by atoms with Crippen molar-refractivity contribution >= 4 is 33.3 Å². The van der Waals surface area contributed by atoms with Gasteiger partial charge in [-0.2, -0.15) is 0 Å².